The largest absolute Gasteiger partial charge is 0.481 e. The van der Waals surface area contributed by atoms with Crippen LogP contribution < -0.4 is 0 Å². The van der Waals surface area contributed by atoms with Gasteiger partial charge in [0.25, 0.3) is 0 Å². The number of aliphatic carboxylic acids is 1. The Morgan fingerprint density at radius 1 is 1.47 bits per heavy atom. The number of carboxylic acid groups (broad SMARTS) is 1. The third-order valence-electron chi connectivity index (χ3n) is 3.77. The van der Waals surface area contributed by atoms with E-state index in [1.165, 1.54) is 0 Å². The number of rotatable bonds is 2. The van der Waals surface area contributed by atoms with E-state index in [1.54, 1.807) is 12.3 Å². The highest BCUT2D eigenvalue weighted by molar-refractivity contribution is 5.88. The smallest absolute Gasteiger partial charge is 0.314 e. The summed E-state index contributed by atoms with van der Waals surface area (Å²) < 4.78 is 0. The monoisotopic (exact) mass is 232 g/mol. The summed E-state index contributed by atoms with van der Waals surface area (Å²) in [7, 11) is 0. The van der Waals surface area contributed by atoms with Crippen molar-refractivity contribution in [1.29, 1.82) is 0 Å². The van der Waals surface area contributed by atoms with E-state index in [0.29, 0.717) is 23.1 Å². The minimum Gasteiger partial charge on any atom is -0.481 e. The van der Waals surface area contributed by atoms with E-state index in [-0.39, 0.29) is 5.41 Å². The molecule has 0 radical (unpaired) electrons. The number of aromatic amines is 1. The molecule has 0 amide bonds. The molecule has 1 saturated carbocycles. The van der Waals surface area contributed by atoms with Gasteiger partial charge in [0.05, 0.1) is 5.41 Å². The van der Waals surface area contributed by atoms with Gasteiger partial charge < -0.3 is 5.11 Å². The van der Waals surface area contributed by atoms with Gasteiger partial charge in [0.1, 0.15) is 5.52 Å². The molecule has 0 aliphatic heterocycles. The van der Waals surface area contributed by atoms with Crippen LogP contribution in [0, 0.1) is 5.41 Å². The maximum absolute atomic E-state index is 11.5. The summed E-state index contributed by atoms with van der Waals surface area (Å²) in [5.74, 6) is -0.799. The molecule has 0 saturated heterocycles. The van der Waals surface area contributed by atoms with E-state index in [2.05, 4.69) is 20.4 Å². The third kappa shape index (κ3) is 1.15. The molecule has 1 atom stereocenters. The highest BCUT2D eigenvalue weighted by atomic mass is 16.4. The van der Waals surface area contributed by atoms with E-state index >= 15 is 0 Å². The molecular formula is C11H12N4O2. The lowest BCUT2D eigenvalue weighted by atomic mass is 9.89. The first-order chi connectivity index (χ1) is 7.97. The van der Waals surface area contributed by atoms with Crippen LogP contribution >= 0.6 is 0 Å². The Balaban J connectivity index is 2.17. The van der Waals surface area contributed by atoms with Crippen molar-refractivity contribution in [3.63, 3.8) is 0 Å². The Bertz CT molecular complexity index is 619. The first-order valence-electron chi connectivity index (χ1n) is 5.38. The predicted molar refractivity (Wildman–Crippen MR) is 59.4 cm³/mol. The van der Waals surface area contributed by atoms with E-state index in [1.807, 2.05) is 13.8 Å². The minimum atomic E-state index is -0.826. The average molecular weight is 232 g/mol. The lowest BCUT2D eigenvalue weighted by molar-refractivity contribution is -0.141. The van der Waals surface area contributed by atoms with Crippen molar-refractivity contribution in [2.24, 2.45) is 5.41 Å². The molecule has 1 aliphatic carbocycles. The maximum Gasteiger partial charge on any atom is 0.314 e. The van der Waals surface area contributed by atoms with E-state index in [9.17, 15) is 9.90 Å². The molecule has 3 rings (SSSR count). The summed E-state index contributed by atoms with van der Waals surface area (Å²) in [6, 6.07) is 1.76. The van der Waals surface area contributed by atoms with Crippen LogP contribution in [0.3, 0.4) is 0 Å². The van der Waals surface area contributed by atoms with E-state index < -0.39 is 11.4 Å². The van der Waals surface area contributed by atoms with Crippen molar-refractivity contribution in [2.45, 2.75) is 25.7 Å². The van der Waals surface area contributed by atoms with Crippen LogP contribution in [0.5, 0.6) is 0 Å². The van der Waals surface area contributed by atoms with E-state index in [4.69, 9.17) is 0 Å². The third-order valence-corrected chi connectivity index (χ3v) is 3.77. The first-order valence-corrected chi connectivity index (χ1v) is 5.38. The molecule has 0 aromatic carbocycles. The quantitative estimate of drug-likeness (QED) is 0.809. The standard InChI is InChI=1S/C11H12N4O2/c1-10(2)5-11(10,9(16)17)6-3-7-8(12-4-6)14-15-13-7/h3-4H,5H2,1-2H3,(H,16,17)(H,12,13,14,15). The summed E-state index contributed by atoms with van der Waals surface area (Å²) in [5, 5.41) is 19.7. The number of carboxylic acids is 1. The zero-order chi connectivity index (χ0) is 12.3. The zero-order valence-electron chi connectivity index (χ0n) is 9.56. The Labute approximate surface area is 97.1 Å². The molecule has 17 heavy (non-hydrogen) atoms. The predicted octanol–water partition coefficient (Wildman–Crippen LogP) is 1.11. The van der Waals surface area contributed by atoms with Gasteiger partial charge in [-0.15, -0.1) is 5.10 Å². The number of hydrogen-bond donors (Lipinski definition) is 2. The van der Waals surface area contributed by atoms with Crippen molar-refractivity contribution in [1.82, 2.24) is 20.4 Å². The number of pyridine rings is 1. The van der Waals surface area contributed by atoms with Crippen LogP contribution in [0.2, 0.25) is 0 Å². The zero-order valence-corrected chi connectivity index (χ0v) is 9.56. The average Bonchev–Trinajstić information content (AvgIpc) is 2.67. The highest BCUT2D eigenvalue weighted by Gasteiger charge is 2.68. The number of hydrogen-bond acceptors (Lipinski definition) is 4. The Hall–Kier alpha value is -1.98. The maximum atomic E-state index is 11.5. The molecule has 1 unspecified atom stereocenters. The molecule has 6 nitrogen and oxygen atoms in total. The topological polar surface area (TPSA) is 91.8 Å². The van der Waals surface area contributed by atoms with Gasteiger partial charge >= 0.3 is 5.97 Å². The molecule has 0 spiro atoms. The molecule has 2 N–H and O–H groups in total. The van der Waals surface area contributed by atoms with Gasteiger partial charge in [0, 0.05) is 6.20 Å². The number of fused-ring (bicyclic) bond motifs is 1. The van der Waals surface area contributed by atoms with Crippen LogP contribution in [-0.2, 0) is 10.2 Å². The molecule has 2 aromatic heterocycles. The summed E-state index contributed by atoms with van der Waals surface area (Å²) >= 11 is 0. The minimum absolute atomic E-state index is 0.238. The Morgan fingerprint density at radius 2 is 2.18 bits per heavy atom. The van der Waals surface area contributed by atoms with Gasteiger partial charge in [-0.25, -0.2) is 4.98 Å². The van der Waals surface area contributed by atoms with Gasteiger partial charge in [-0.1, -0.05) is 13.8 Å². The summed E-state index contributed by atoms with van der Waals surface area (Å²) in [5.41, 5.74) is 0.750. The number of nitrogens with one attached hydrogen (secondary N) is 1. The van der Waals surface area contributed by atoms with Crippen LogP contribution in [0.25, 0.3) is 11.2 Å². The molecule has 2 aromatic rings. The summed E-state index contributed by atoms with van der Waals surface area (Å²) in [6.45, 7) is 3.90. The van der Waals surface area contributed by atoms with Crippen molar-refractivity contribution in [3.8, 4) is 0 Å². The second-order valence-electron chi connectivity index (χ2n) is 5.16. The number of carbonyl (C=O) groups is 1. The second kappa shape index (κ2) is 2.82. The molecule has 88 valence electrons. The fourth-order valence-corrected chi connectivity index (χ4v) is 2.57. The molecule has 1 aliphatic rings. The van der Waals surface area contributed by atoms with Crippen molar-refractivity contribution < 1.29 is 9.90 Å². The van der Waals surface area contributed by atoms with Gasteiger partial charge in [0.2, 0.25) is 5.65 Å². The highest BCUT2D eigenvalue weighted by Crippen LogP contribution is 2.64. The fourth-order valence-electron chi connectivity index (χ4n) is 2.57. The lowest BCUT2D eigenvalue weighted by Gasteiger charge is -2.15. The molecule has 0 bridgehead atoms. The van der Waals surface area contributed by atoms with E-state index in [0.717, 1.165) is 0 Å². The molecule has 2 heterocycles. The summed E-state index contributed by atoms with van der Waals surface area (Å²) in [6.07, 6.45) is 2.22. The normalized spacial score (nSPS) is 26.0. The van der Waals surface area contributed by atoms with Gasteiger partial charge in [-0.2, -0.15) is 10.3 Å². The SMILES string of the molecule is CC1(C)CC1(C(=O)O)c1cnc2n[nH]nc2c1. The lowest BCUT2D eigenvalue weighted by Crippen LogP contribution is -2.25. The van der Waals surface area contributed by atoms with Crippen LogP contribution in [0.15, 0.2) is 12.3 Å². The molecule has 1 fully saturated rings. The molecule has 6 heteroatoms. The molecular weight excluding hydrogens is 220 g/mol. The van der Waals surface area contributed by atoms with Crippen molar-refractivity contribution >= 4 is 17.1 Å². The Morgan fingerprint density at radius 3 is 2.76 bits per heavy atom. The van der Waals surface area contributed by atoms with Crippen LogP contribution in [-0.4, -0.2) is 31.5 Å². The summed E-state index contributed by atoms with van der Waals surface area (Å²) in [4.78, 5) is 15.6. The van der Waals surface area contributed by atoms with Gasteiger partial charge in [-0.05, 0) is 23.5 Å². The second-order valence-corrected chi connectivity index (χ2v) is 5.16. The number of nitrogens with zero attached hydrogens (tertiary/aromatic N) is 3. The van der Waals surface area contributed by atoms with Crippen LogP contribution in [0.4, 0.5) is 0 Å². The fraction of sp³-hybridized carbons (Fsp3) is 0.455. The van der Waals surface area contributed by atoms with Crippen molar-refractivity contribution in [3.05, 3.63) is 17.8 Å². The van der Waals surface area contributed by atoms with Crippen LogP contribution in [0.1, 0.15) is 25.8 Å². The number of aromatic nitrogens is 4. The van der Waals surface area contributed by atoms with Crippen molar-refractivity contribution in [2.75, 3.05) is 0 Å². The Kier molecular flexibility index (Phi) is 1.69. The number of H-pyrrole nitrogens is 1. The van der Waals surface area contributed by atoms with Gasteiger partial charge in [-0.3, -0.25) is 4.79 Å². The first kappa shape index (κ1) is 10.2. The van der Waals surface area contributed by atoms with Gasteiger partial charge in [0.15, 0.2) is 0 Å².